The molecule has 0 saturated carbocycles. The summed E-state index contributed by atoms with van der Waals surface area (Å²) in [4.78, 5) is 30.2. The zero-order valence-corrected chi connectivity index (χ0v) is 12.1. The monoisotopic (exact) mass is 319 g/mol. The fraction of sp³-hybridized carbons (Fsp3) is 0.143. The molecular formula is C14H14FN5O3. The standard InChI is InChI=1S/C14H14FN5O3/c1-8(18-14(22)23)13(21)20-10-3-2-9(15)6-11(10)19-12-4-5-16-7-17-12/h2-8,18H,1H3,(H,20,21)(H,22,23)(H,16,17,19)/t8-/m0/s1. The van der Waals surface area contributed by atoms with Crippen molar-refractivity contribution in [2.24, 2.45) is 0 Å². The maximum atomic E-state index is 13.4. The largest absolute Gasteiger partial charge is 0.465 e. The van der Waals surface area contributed by atoms with E-state index in [1.165, 1.54) is 37.6 Å². The van der Waals surface area contributed by atoms with Gasteiger partial charge in [-0.15, -0.1) is 0 Å². The third-order valence-corrected chi connectivity index (χ3v) is 2.82. The second-order valence-electron chi connectivity index (χ2n) is 4.57. The van der Waals surface area contributed by atoms with Crippen LogP contribution in [0.5, 0.6) is 0 Å². The zero-order valence-electron chi connectivity index (χ0n) is 12.1. The van der Waals surface area contributed by atoms with Crippen molar-refractivity contribution < 1.29 is 19.1 Å². The lowest BCUT2D eigenvalue weighted by Crippen LogP contribution is -2.40. The van der Waals surface area contributed by atoms with Gasteiger partial charge in [0.15, 0.2) is 0 Å². The summed E-state index contributed by atoms with van der Waals surface area (Å²) in [7, 11) is 0. The Kier molecular flexibility index (Phi) is 5.03. The van der Waals surface area contributed by atoms with Gasteiger partial charge in [0.1, 0.15) is 24.0 Å². The number of rotatable bonds is 5. The molecule has 1 aromatic carbocycles. The molecule has 0 radical (unpaired) electrons. The minimum absolute atomic E-state index is 0.277. The van der Waals surface area contributed by atoms with Crippen molar-refractivity contribution in [2.45, 2.75) is 13.0 Å². The third-order valence-electron chi connectivity index (χ3n) is 2.82. The normalized spacial score (nSPS) is 11.4. The van der Waals surface area contributed by atoms with Crippen LogP contribution in [-0.4, -0.2) is 33.1 Å². The minimum atomic E-state index is -1.31. The molecule has 0 aliphatic carbocycles. The van der Waals surface area contributed by atoms with Gasteiger partial charge in [-0.1, -0.05) is 0 Å². The molecule has 0 bridgehead atoms. The number of amides is 2. The number of benzene rings is 1. The van der Waals surface area contributed by atoms with Crippen LogP contribution in [-0.2, 0) is 4.79 Å². The lowest BCUT2D eigenvalue weighted by atomic mass is 10.2. The molecule has 2 amide bonds. The van der Waals surface area contributed by atoms with Crippen molar-refractivity contribution in [3.8, 4) is 0 Å². The Morgan fingerprint density at radius 2 is 2.04 bits per heavy atom. The molecule has 0 fully saturated rings. The second-order valence-corrected chi connectivity index (χ2v) is 4.57. The van der Waals surface area contributed by atoms with Crippen LogP contribution in [0.2, 0.25) is 0 Å². The molecule has 1 aromatic heterocycles. The molecular weight excluding hydrogens is 305 g/mol. The minimum Gasteiger partial charge on any atom is -0.465 e. The number of carboxylic acid groups (broad SMARTS) is 1. The summed E-state index contributed by atoms with van der Waals surface area (Å²) in [6.07, 6.45) is 1.51. The first kappa shape index (κ1) is 16.1. The van der Waals surface area contributed by atoms with Gasteiger partial charge < -0.3 is 21.1 Å². The van der Waals surface area contributed by atoms with E-state index in [9.17, 15) is 14.0 Å². The number of aromatic nitrogens is 2. The first-order chi connectivity index (χ1) is 11.0. The predicted octanol–water partition coefficient (Wildman–Crippen LogP) is 1.95. The van der Waals surface area contributed by atoms with E-state index in [0.717, 1.165) is 0 Å². The molecule has 120 valence electrons. The predicted molar refractivity (Wildman–Crippen MR) is 81.0 cm³/mol. The van der Waals surface area contributed by atoms with Crippen LogP contribution >= 0.6 is 0 Å². The van der Waals surface area contributed by atoms with Crippen molar-refractivity contribution >= 4 is 29.2 Å². The molecule has 9 heteroatoms. The molecule has 0 spiro atoms. The summed E-state index contributed by atoms with van der Waals surface area (Å²) in [6.45, 7) is 1.39. The Balaban J connectivity index is 2.18. The molecule has 1 heterocycles. The van der Waals surface area contributed by atoms with Gasteiger partial charge in [-0.05, 0) is 31.2 Å². The van der Waals surface area contributed by atoms with Crippen LogP contribution < -0.4 is 16.0 Å². The van der Waals surface area contributed by atoms with Gasteiger partial charge in [-0.25, -0.2) is 19.2 Å². The van der Waals surface area contributed by atoms with Gasteiger partial charge in [-0.3, -0.25) is 4.79 Å². The molecule has 2 rings (SSSR count). The Labute approximate surface area is 130 Å². The molecule has 23 heavy (non-hydrogen) atoms. The summed E-state index contributed by atoms with van der Waals surface area (Å²) in [5, 5.41) is 16.0. The van der Waals surface area contributed by atoms with Crippen molar-refractivity contribution in [2.75, 3.05) is 10.6 Å². The molecule has 2 aromatic rings. The summed E-state index contributed by atoms with van der Waals surface area (Å²) in [5.74, 6) is -0.668. The molecule has 0 unspecified atom stereocenters. The Bertz CT molecular complexity index is 711. The fourth-order valence-electron chi connectivity index (χ4n) is 1.72. The SMILES string of the molecule is C[C@H](NC(=O)O)C(=O)Nc1ccc(F)cc1Nc1ccncn1. The summed E-state index contributed by atoms with van der Waals surface area (Å²) in [6, 6.07) is 4.34. The van der Waals surface area contributed by atoms with Crippen molar-refractivity contribution in [1.82, 2.24) is 15.3 Å². The Morgan fingerprint density at radius 3 is 2.70 bits per heavy atom. The topological polar surface area (TPSA) is 116 Å². The van der Waals surface area contributed by atoms with Gasteiger partial charge in [-0.2, -0.15) is 0 Å². The smallest absolute Gasteiger partial charge is 0.405 e. The van der Waals surface area contributed by atoms with Crippen LogP contribution in [0.4, 0.5) is 26.4 Å². The Morgan fingerprint density at radius 1 is 1.26 bits per heavy atom. The number of anilines is 3. The van der Waals surface area contributed by atoms with Crippen LogP contribution in [0.25, 0.3) is 0 Å². The van der Waals surface area contributed by atoms with E-state index in [-0.39, 0.29) is 11.4 Å². The van der Waals surface area contributed by atoms with Crippen molar-refractivity contribution in [3.63, 3.8) is 0 Å². The van der Waals surface area contributed by atoms with Crippen LogP contribution in [0, 0.1) is 5.82 Å². The van der Waals surface area contributed by atoms with Crippen molar-refractivity contribution in [3.05, 3.63) is 42.6 Å². The highest BCUT2D eigenvalue weighted by atomic mass is 19.1. The average molecular weight is 319 g/mol. The maximum absolute atomic E-state index is 13.4. The van der Waals surface area contributed by atoms with E-state index in [4.69, 9.17) is 5.11 Å². The van der Waals surface area contributed by atoms with Gasteiger partial charge in [0, 0.05) is 6.20 Å². The van der Waals surface area contributed by atoms with Crippen LogP contribution in [0.1, 0.15) is 6.92 Å². The number of nitrogens with one attached hydrogen (secondary N) is 3. The summed E-state index contributed by atoms with van der Waals surface area (Å²) in [5.41, 5.74) is 0.564. The first-order valence-electron chi connectivity index (χ1n) is 6.58. The number of nitrogens with zero attached hydrogens (tertiary/aromatic N) is 2. The molecule has 4 N–H and O–H groups in total. The van der Waals surface area contributed by atoms with Gasteiger partial charge >= 0.3 is 6.09 Å². The maximum Gasteiger partial charge on any atom is 0.405 e. The Hall–Kier alpha value is -3.23. The molecule has 0 saturated heterocycles. The number of carbonyl (C=O) groups excluding carboxylic acids is 1. The number of carbonyl (C=O) groups is 2. The van der Waals surface area contributed by atoms with E-state index in [1.54, 1.807) is 6.07 Å². The number of halogens is 1. The lowest BCUT2D eigenvalue weighted by Gasteiger charge is -2.15. The molecule has 0 aliphatic rings. The third kappa shape index (κ3) is 4.63. The van der Waals surface area contributed by atoms with Gasteiger partial charge in [0.2, 0.25) is 5.91 Å². The zero-order chi connectivity index (χ0) is 16.8. The summed E-state index contributed by atoms with van der Waals surface area (Å²) >= 11 is 0. The number of hydrogen-bond acceptors (Lipinski definition) is 5. The van der Waals surface area contributed by atoms with E-state index >= 15 is 0 Å². The molecule has 8 nitrogen and oxygen atoms in total. The number of hydrogen-bond donors (Lipinski definition) is 4. The first-order valence-corrected chi connectivity index (χ1v) is 6.58. The second kappa shape index (κ2) is 7.16. The quantitative estimate of drug-likeness (QED) is 0.669. The van der Waals surface area contributed by atoms with E-state index in [0.29, 0.717) is 5.82 Å². The van der Waals surface area contributed by atoms with Crippen LogP contribution in [0.3, 0.4) is 0 Å². The highest BCUT2D eigenvalue weighted by Gasteiger charge is 2.16. The average Bonchev–Trinajstić information content (AvgIpc) is 2.50. The van der Waals surface area contributed by atoms with Gasteiger partial charge in [0.05, 0.1) is 11.4 Å². The van der Waals surface area contributed by atoms with Crippen LogP contribution in [0.15, 0.2) is 36.8 Å². The fourth-order valence-corrected chi connectivity index (χ4v) is 1.72. The van der Waals surface area contributed by atoms with E-state index in [1.807, 2.05) is 5.32 Å². The lowest BCUT2D eigenvalue weighted by molar-refractivity contribution is -0.117. The van der Waals surface area contributed by atoms with Crippen molar-refractivity contribution in [1.29, 1.82) is 0 Å². The molecule has 1 atom stereocenters. The van der Waals surface area contributed by atoms with E-state index in [2.05, 4.69) is 20.6 Å². The highest BCUT2D eigenvalue weighted by Crippen LogP contribution is 2.25. The summed E-state index contributed by atoms with van der Waals surface area (Å²) < 4.78 is 13.4. The highest BCUT2D eigenvalue weighted by molar-refractivity contribution is 5.98. The van der Waals surface area contributed by atoms with Gasteiger partial charge in [0.25, 0.3) is 0 Å². The molecule has 0 aliphatic heterocycles. The van der Waals surface area contributed by atoms with E-state index < -0.39 is 23.9 Å².